The third-order valence-electron chi connectivity index (χ3n) is 6.59. The predicted octanol–water partition coefficient (Wildman–Crippen LogP) is 6.04. The number of halogens is 1. The first-order chi connectivity index (χ1) is 14.7. The van der Waals surface area contributed by atoms with E-state index in [0.717, 1.165) is 47.6 Å². The van der Waals surface area contributed by atoms with Crippen molar-refractivity contribution >= 4 is 17.6 Å². The smallest absolute Gasteiger partial charge is 0.318 e. The van der Waals surface area contributed by atoms with E-state index in [4.69, 9.17) is 11.6 Å². The fraction of sp³-hybridized carbons (Fsp3) is 0.500. The van der Waals surface area contributed by atoms with Crippen LogP contribution in [0.25, 0.3) is 0 Å². The number of amides is 2. The Morgan fingerprint density at radius 2 is 1.94 bits per heavy atom. The predicted molar refractivity (Wildman–Crippen MR) is 129 cm³/mol. The molecule has 0 radical (unpaired) electrons. The maximum atomic E-state index is 13.7. The number of urea groups is 1. The zero-order chi connectivity index (χ0) is 22.6. The van der Waals surface area contributed by atoms with Gasteiger partial charge in [-0.05, 0) is 61.5 Å². The Hall–Kier alpha value is -2.04. The average molecular weight is 442 g/mol. The Morgan fingerprint density at radius 1 is 1.23 bits per heavy atom. The van der Waals surface area contributed by atoms with Crippen molar-refractivity contribution in [2.45, 2.75) is 59.2 Å². The van der Waals surface area contributed by atoms with Gasteiger partial charge in [0.2, 0.25) is 0 Å². The highest BCUT2D eigenvalue weighted by molar-refractivity contribution is 6.31. The van der Waals surface area contributed by atoms with Crippen molar-refractivity contribution in [2.24, 2.45) is 5.41 Å². The second-order valence-corrected chi connectivity index (χ2v) is 9.92. The van der Waals surface area contributed by atoms with Crippen molar-refractivity contribution in [2.75, 3.05) is 20.1 Å². The zero-order valence-corrected chi connectivity index (χ0v) is 20.2. The van der Waals surface area contributed by atoms with Crippen molar-refractivity contribution in [3.8, 4) is 0 Å². The number of benzene rings is 2. The van der Waals surface area contributed by atoms with E-state index in [1.165, 1.54) is 0 Å². The fourth-order valence-electron chi connectivity index (χ4n) is 4.93. The van der Waals surface area contributed by atoms with Crippen LogP contribution in [0.3, 0.4) is 0 Å². The van der Waals surface area contributed by atoms with Gasteiger partial charge in [0.05, 0.1) is 6.04 Å². The highest BCUT2D eigenvalue weighted by Crippen LogP contribution is 2.34. The Bertz CT molecular complexity index is 883. The Morgan fingerprint density at radius 3 is 2.58 bits per heavy atom. The number of hydrogen-bond acceptors (Lipinski definition) is 2. The van der Waals surface area contributed by atoms with Crippen LogP contribution in [-0.4, -0.2) is 42.0 Å². The largest absolute Gasteiger partial charge is 0.331 e. The molecule has 1 aliphatic rings. The highest BCUT2D eigenvalue weighted by Gasteiger charge is 2.40. The van der Waals surface area contributed by atoms with Crippen molar-refractivity contribution < 1.29 is 4.79 Å². The molecule has 5 heteroatoms. The first-order valence-corrected chi connectivity index (χ1v) is 11.7. The number of hydrogen-bond donors (Lipinski definition) is 1. The molecule has 1 N–H and O–H groups in total. The van der Waals surface area contributed by atoms with Crippen LogP contribution in [0.1, 0.15) is 56.3 Å². The second kappa shape index (κ2) is 10.1. The van der Waals surface area contributed by atoms with Crippen molar-refractivity contribution in [3.63, 3.8) is 0 Å². The minimum absolute atomic E-state index is 0.00212. The fourth-order valence-corrected chi connectivity index (χ4v) is 5.11. The van der Waals surface area contributed by atoms with Crippen molar-refractivity contribution in [1.29, 1.82) is 0 Å². The summed E-state index contributed by atoms with van der Waals surface area (Å²) in [5.41, 5.74) is 3.28. The van der Waals surface area contributed by atoms with Crippen molar-refractivity contribution in [1.82, 2.24) is 15.1 Å². The van der Waals surface area contributed by atoms with Crippen molar-refractivity contribution in [3.05, 3.63) is 70.2 Å². The molecule has 2 aromatic rings. The molecule has 0 spiro atoms. The molecule has 1 fully saturated rings. The summed E-state index contributed by atoms with van der Waals surface area (Å²) in [5.74, 6) is 0. The number of rotatable bonds is 6. The minimum Gasteiger partial charge on any atom is -0.331 e. The minimum atomic E-state index is -0.0705. The van der Waals surface area contributed by atoms with Crippen LogP contribution in [0.4, 0.5) is 4.79 Å². The molecule has 4 nitrogen and oxygen atoms in total. The molecule has 0 saturated carbocycles. The maximum absolute atomic E-state index is 13.7. The van der Waals surface area contributed by atoms with E-state index in [9.17, 15) is 4.79 Å². The van der Waals surface area contributed by atoms with Crippen LogP contribution in [0.5, 0.6) is 0 Å². The van der Waals surface area contributed by atoms with Gasteiger partial charge in [0.15, 0.2) is 0 Å². The molecule has 1 saturated heterocycles. The number of carbonyl (C=O) groups excluding carboxylic acids is 1. The molecule has 1 heterocycles. The molecule has 0 aliphatic carbocycles. The summed E-state index contributed by atoms with van der Waals surface area (Å²) in [7, 11) is 2.16. The molecule has 1 aliphatic heterocycles. The standard InChI is InChI=1S/C26H36ClN3O/c1-6-23(21-13-10-14-22(27)19(21)2)28-25(31)30(17-20-11-8-7-9-12-20)24-15-16-29(5)18-26(24,3)4/h7-14,23-24H,6,15-18H2,1-5H3,(H,28,31). The summed E-state index contributed by atoms with van der Waals surface area (Å²) in [6.45, 7) is 11.3. The topological polar surface area (TPSA) is 35.6 Å². The Kier molecular flexibility index (Phi) is 7.66. The molecule has 3 rings (SSSR count). The number of nitrogens with one attached hydrogen (secondary N) is 1. The molecule has 2 amide bonds. The van der Waals surface area contributed by atoms with Gasteiger partial charge in [-0.3, -0.25) is 0 Å². The summed E-state index contributed by atoms with van der Waals surface area (Å²) in [6.07, 6.45) is 1.78. The van der Waals surface area contributed by atoms with Gasteiger partial charge in [-0.25, -0.2) is 4.79 Å². The second-order valence-electron chi connectivity index (χ2n) is 9.51. The lowest BCUT2D eigenvalue weighted by Gasteiger charge is -2.48. The molecular formula is C26H36ClN3O. The lowest BCUT2D eigenvalue weighted by atomic mass is 9.78. The van der Waals surface area contributed by atoms with Crippen LogP contribution in [0.15, 0.2) is 48.5 Å². The molecule has 2 atom stereocenters. The van der Waals surface area contributed by atoms with E-state index in [1.807, 2.05) is 37.3 Å². The van der Waals surface area contributed by atoms with E-state index in [1.54, 1.807) is 0 Å². The molecule has 2 aromatic carbocycles. The van der Waals surface area contributed by atoms with E-state index in [-0.39, 0.29) is 23.5 Å². The first-order valence-electron chi connectivity index (χ1n) is 11.3. The molecule has 0 bridgehead atoms. The number of nitrogens with zero attached hydrogens (tertiary/aromatic N) is 2. The highest BCUT2D eigenvalue weighted by atomic mass is 35.5. The maximum Gasteiger partial charge on any atom is 0.318 e. The summed E-state index contributed by atoms with van der Waals surface area (Å²) < 4.78 is 0. The van der Waals surface area contributed by atoms with E-state index in [0.29, 0.717) is 6.54 Å². The van der Waals surface area contributed by atoms with Crippen LogP contribution in [0, 0.1) is 12.3 Å². The van der Waals surface area contributed by atoms with E-state index >= 15 is 0 Å². The normalized spacial score (nSPS) is 19.6. The summed E-state index contributed by atoms with van der Waals surface area (Å²) in [6, 6.07) is 16.3. The van der Waals surface area contributed by atoms with Gasteiger partial charge in [0.1, 0.15) is 0 Å². The van der Waals surface area contributed by atoms with Crippen LogP contribution in [0.2, 0.25) is 5.02 Å². The zero-order valence-electron chi connectivity index (χ0n) is 19.5. The number of carbonyl (C=O) groups is 1. The summed E-state index contributed by atoms with van der Waals surface area (Å²) in [5, 5.41) is 4.07. The molecule has 2 unspecified atom stereocenters. The van der Waals surface area contributed by atoms with Gasteiger partial charge in [-0.15, -0.1) is 0 Å². The molecule has 168 valence electrons. The van der Waals surface area contributed by atoms with E-state index < -0.39 is 0 Å². The number of likely N-dealkylation sites (tertiary alicyclic amines) is 1. The third-order valence-corrected chi connectivity index (χ3v) is 7.00. The third kappa shape index (κ3) is 5.61. The lowest BCUT2D eigenvalue weighted by molar-refractivity contribution is 0.0298. The van der Waals surface area contributed by atoms with Gasteiger partial charge in [-0.2, -0.15) is 0 Å². The Labute approximate surface area is 192 Å². The first kappa shape index (κ1) is 23.6. The van der Waals surface area contributed by atoms with Crippen LogP contribution >= 0.6 is 11.6 Å². The molecular weight excluding hydrogens is 406 g/mol. The summed E-state index contributed by atoms with van der Waals surface area (Å²) >= 11 is 6.37. The van der Waals surface area contributed by atoms with Gasteiger partial charge in [0, 0.05) is 24.2 Å². The monoisotopic (exact) mass is 441 g/mol. The molecule has 0 aromatic heterocycles. The average Bonchev–Trinajstić information content (AvgIpc) is 2.73. The lowest BCUT2D eigenvalue weighted by Crippen LogP contribution is -2.58. The van der Waals surface area contributed by atoms with Crippen LogP contribution in [-0.2, 0) is 6.54 Å². The van der Waals surface area contributed by atoms with Gasteiger partial charge in [0.25, 0.3) is 0 Å². The quantitative estimate of drug-likeness (QED) is 0.592. The summed E-state index contributed by atoms with van der Waals surface area (Å²) in [4.78, 5) is 18.1. The Balaban J connectivity index is 1.88. The van der Waals surface area contributed by atoms with Crippen LogP contribution < -0.4 is 5.32 Å². The van der Waals surface area contributed by atoms with E-state index in [2.05, 4.69) is 61.1 Å². The number of piperidine rings is 1. The van der Waals surface area contributed by atoms with Gasteiger partial charge >= 0.3 is 6.03 Å². The molecule has 31 heavy (non-hydrogen) atoms. The SMILES string of the molecule is CCC(NC(=O)N(Cc1ccccc1)C1CCN(C)CC1(C)C)c1cccc(Cl)c1C. The van der Waals surface area contributed by atoms with Gasteiger partial charge in [-0.1, -0.05) is 74.8 Å². The van der Waals surface area contributed by atoms with Gasteiger partial charge < -0.3 is 15.1 Å².